The molecule has 100 valence electrons. The molecule has 0 radical (unpaired) electrons. The molecule has 0 amide bonds. The van der Waals surface area contributed by atoms with Crippen LogP contribution >= 0.6 is 11.8 Å². The lowest BCUT2D eigenvalue weighted by Crippen LogP contribution is -2.07. The second-order valence-corrected chi connectivity index (χ2v) is 5.17. The van der Waals surface area contributed by atoms with Crippen LogP contribution in [0.2, 0.25) is 0 Å². The van der Waals surface area contributed by atoms with E-state index >= 15 is 0 Å². The quantitative estimate of drug-likeness (QED) is 0.636. The second-order valence-electron chi connectivity index (χ2n) is 4.17. The Kier molecular flexibility index (Phi) is 4.21. The molecule has 0 aliphatic carbocycles. The second kappa shape index (κ2) is 5.88. The lowest BCUT2D eigenvalue weighted by atomic mass is 10.2. The number of benzene rings is 1. The van der Waals surface area contributed by atoms with Gasteiger partial charge in [-0.2, -0.15) is 4.99 Å². The number of hydrogen-bond acceptors (Lipinski definition) is 6. The number of nitrogens with zero attached hydrogens (tertiary/aromatic N) is 4. The standard InChI is InChI=1S/C13H16N4OS/c1-9(19-4)14-13-16-15-12(18-13)10-5-7-11(8-6-10)17(2)3/h5-8H,1-4H3. The monoisotopic (exact) mass is 276 g/mol. The zero-order valence-electron chi connectivity index (χ0n) is 11.4. The van der Waals surface area contributed by atoms with Gasteiger partial charge >= 0.3 is 6.01 Å². The summed E-state index contributed by atoms with van der Waals surface area (Å²) in [4.78, 5) is 6.24. The predicted molar refractivity (Wildman–Crippen MR) is 80.3 cm³/mol. The van der Waals surface area contributed by atoms with Crippen molar-refractivity contribution in [2.24, 2.45) is 4.99 Å². The lowest BCUT2D eigenvalue weighted by Gasteiger charge is -2.11. The molecule has 0 fully saturated rings. The van der Waals surface area contributed by atoms with Crippen LogP contribution in [0.5, 0.6) is 0 Å². The molecule has 1 heterocycles. The molecule has 5 nitrogen and oxygen atoms in total. The highest BCUT2D eigenvalue weighted by Gasteiger charge is 2.08. The molecule has 2 rings (SSSR count). The van der Waals surface area contributed by atoms with Gasteiger partial charge in [-0.05, 0) is 37.4 Å². The highest BCUT2D eigenvalue weighted by atomic mass is 32.2. The molecular formula is C13H16N4OS. The van der Waals surface area contributed by atoms with E-state index in [9.17, 15) is 0 Å². The van der Waals surface area contributed by atoms with E-state index in [0.717, 1.165) is 16.3 Å². The van der Waals surface area contributed by atoms with Crippen molar-refractivity contribution in [1.29, 1.82) is 0 Å². The number of anilines is 1. The molecule has 19 heavy (non-hydrogen) atoms. The van der Waals surface area contributed by atoms with E-state index in [4.69, 9.17) is 4.42 Å². The van der Waals surface area contributed by atoms with Crippen LogP contribution in [-0.4, -0.2) is 35.6 Å². The average molecular weight is 276 g/mol. The molecule has 0 saturated heterocycles. The highest BCUT2D eigenvalue weighted by molar-refractivity contribution is 8.13. The van der Waals surface area contributed by atoms with E-state index in [1.807, 2.05) is 56.4 Å². The topological polar surface area (TPSA) is 54.5 Å². The maximum atomic E-state index is 5.51. The van der Waals surface area contributed by atoms with Crippen LogP contribution in [-0.2, 0) is 0 Å². The Balaban J connectivity index is 2.23. The number of aliphatic imine (C=N–C) groups is 1. The molecule has 0 saturated carbocycles. The molecule has 1 aromatic carbocycles. The first-order valence-corrected chi connectivity index (χ1v) is 7.03. The van der Waals surface area contributed by atoms with E-state index in [1.54, 1.807) is 11.8 Å². The van der Waals surface area contributed by atoms with Crippen molar-refractivity contribution in [2.75, 3.05) is 25.3 Å². The third-order valence-corrected chi connectivity index (χ3v) is 3.28. The van der Waals surface area contributed by atoms with Crippen LogP contribution < -0.4 is 4.90 Å². The Bertz CT molecular complexity index is 575. The maximum absolute atomic E-state index is 5.51. The third kappa shape index (κ3) is 3.35. The minimum absolute atomic E-state index is 0.290. The summed E-state index contributed by atoms with van der Waals surface area (Å²) < 4.78 is 5.51. The van der Waals surface area contributed by atoms with Gasteiger partial charge in [-0.3, -0.25) is 0 Å². The summed E-state index contributed by atoms with van der Waals surface area (Å²) in [5, 5.41) is 8.80. The smallest absolute Gasteiger partial charge is 0.343 e. The fraction of sp³-hybridized carbons (Fsp3) is 0.308. The van der Waals surface area contributed by atoms with Crippen molar-refractivity contribution in [3.8, 4) is 11.5 Å². The van der Waals surface area contributed by atoms with Crippen LogP contribution in [0.3, 0.4) is 0 Å². The number of rotatable bonds is 3. The minimum atomic E-state index is 0.290. The van der Waals surface area contributed by atoms with Crippen LogP contribution in [0.1, 0.15) is 6.92 Å². The SMILES string of the molecule is CSC(C)=Nc1nnc(-c2ccc(N(C)C)cc2)o1. The van der Waals surface area contributed by atoms with Crippen LogP contribution in [0.25, 0.3) is 11.5 Å². The summed E-state index contributed by atoms with van der Waals surface area (Å²) in [6, 6.07) is 8.22. The van der Waals surface area contributed by atoms with Gasteiger partial charge in [0.05, 0.1) is 5.04 Å². The van der Waals surface area contributed by atoms with E-state index in [2.05, 4.69) is 15.2 Å². The molecule has 0 unspecified atom stereocenters. The largest absolute Gasteiger partial charge is 0.402 e. The van der Waals surface area contributed by atoms with E-state index in [0.29, 0.717) is 11.9 Å². The fourth-order valence-electron chi connectivity index (χ4n) is 1.46. The summed E-state index contributed by atoms with van der Waals surface area (Å²) in [5.74, 6) is 0.484. The van der Waals surface area contributed by atoms with Gasteiger partial charge in [-0.15, -0.1) is 16.9 Å². The predicted octanol–water partition coefficient (Wildman–Crippen LogP) is 3.22. The number of thioether (sulfide) groups is 1. The van der Waals surface area contributed by atoms with Gasteiger partial charge in [0.2, 0.25) is 5.89 Å². The van der Waals surface area contributed by atoms with Crippen molar-refractivity contribution < 1.29 is 4.42 Å². The fourth-order valence-corrected chi connectivity index (χ4v) is 1.63. The van der Waals surface area contributed by atoms with Gasteiger partial charge in [-0.1, -0.05) is 5.10 Å². The summed E-state index contributed by atoms with van der Waals surface area (Å²) in [7, 11) is 4.00. The van der Waals surface area contributed by atoms with Gasteiger partial charge in [0.1, 0.15) is 0 Å². The first kappa shape index (κ1) is 13.6. The summed E-state index contributed by atoms with van der Waals surface area (Å²) >= 11 is 1.55. The molecule has 0 atom stereocenters. The van der Waals surface area contributed by atoms with Crippen molar-refractivity contribution in [3.63, 3.8) is 0 Å². The van der Waals surface area contributed by atoms with Gasteiger partial charge < -0.3 is 9.32 Å². The molecule has 0 aliphatic heterocycles. The van der Waals surface area contributed by atoms with Gasteiger partial charge in [0.25, 0.3) is 0 Å². The Morgan fingerprint density at radius 2 is 1.89 bits per heavy atom. The molecule has 0 spiro atoms. The van der Waals surface area contributed by atoms with Crippen molar-refractivity contribution in [3.05, 3.63) is 24.3 Å². The Morgan fingerprint density at radius 3 is 2.47 bits per heavy atom. The number of hydrogen-bond donors (Lipinski definition) is 0. The summed E-state index contributed by atoms with van der Waals surface area (Å²) in [6.07, 6.45) is 1.95. The first-order chi connectivity index (χ1) is 9.10. The molecule has 2 aromatic rings. The van der Waals surface area contributed by atoms with E-state index in [-0.39, 0.29) is 0 Å². The lowest BCUT2D eigenvalue weighted by molar-refractivity contribution is 0.580. The zero-order chi connectivity index (χ0) is 13.8. The van der Waals surface area contributed by atoms with E-state index in [1.165, 1.54) is 0 Å². The molecule has 6 heteroatoms. The Morgan fingerprint density at radius 1 is 1.21 bits per heavy atom. The van der Waals surface area contributed by atoms with Gasteiger partial charge in [-0.25, -0.2) is 0 Å². The van der Waals surface area contributed by atoms with E-state index < -0.39 is 0 Å². The minimum Gasteiger partial charge on any atom is -0.402 e. The van der Waals surface area contributed by atoms with Gasteiger partial charge in [0.15, 0.2) is 0 Å². The first-order valence-electron chi connectivity index (χ1n) is 5.80. The highest BCUT2D eigenvalue weighted by Crippen LogP contribution is 2.24. The van der Waals surface area contributed by atoms with Crippen molar-refractivity contribution in [2.45, 2.75) is 6.92 Å². The van der Waals surface area contributed by atoms with Gasteiger partial charge in [0, 0.05) is 25.3 Å². The molecule has 0 aliphatic rings. The average Bonchev–Trinajstić information content (AvgIpc) is 2.87. The van der Waals surface area contributed by atoms with Crippen LogP contribution in [0.4, 0.5) is 11.7 Å². The normalized spacial score (nSPS) is 11.7. The third-order valence-electron chi connectivity index (χ3n) is 2.59. The molecule has 0 N–H and O–H groups in total. The van der Waals surface area contributed by atoms with Crippen molar-refractivity contribution in [1.82, 2.24) is 10.2 Å². The summed E-state index contributed by atoms with van der Waals surface area (Å²) in [6.45, 7) is 1.90. The Labute approximate surface area is 116 Å². The van der Waals surface area contributed by atoms with Crippen LogP contribution in [0, 0.1) is 0 Å². The summed E-state index contributed by atoms with van der Waals surface area (Å²) in [5.41, 5.74) is 2.01. The molecule has 1 aromatic heterocycles. The molecular weight excluding hydrogens is 260 g/mol. The van der Waals surface area contributed by atoms with Crippen molar-refractivity contribution >= 4 is 28.5 Å². The maximum Gasteiger partial charge on any atom is 0.343 e. The zero-order valence-corrected chi connectivity index (χ0v) is 12.2. The number of aromatic nitrogens is 2. The molecule has 0 bridgehead atoms. The van der Waals surface area contributed by atoms with Crippen LogP contribution in [0.15, 0.2) is 33.7 Å². The Hall–Kier alpha value is -1.82.